The Morgan fingerprint density at radius 3 is 2.14 bits per heavy atom. The zero-order valence-electron chi connectivity index (χ0n) is 7.48. The molecule has 0 bridgehead atoms. The van der Waals surface area contributed by atoms with Crippen molar-refractivity contribution in [3.8, 4) is 11.1 Å². The molecule has 0 aliphatic rings. The van der Waals surface area contributed by atoms with Gasteiger partial charge in [0, 0.05) is 0 Å². The number of hydrogen-bond acceptors (Lipinski definition) is 1. The fraction of sp³-hybridized carbons (Fsp3) is 0. The Morgan fingerprint density at radius 1 is 0.786 bits per heavy atom. The molecule has 70 valence electrons. The molecule has 2 aromatic rings. The van der Waals surface area contributed by atoms with Crippen LogP contribution in [0.25, 0.3) is 11.1 Å². The summed E-state index contributed by atoms with van der Waals surface area (Å²) in [6, 6.07) is 17.9. The molecule has 2 rings (SSSR count). The molecule has 0 spiro atoms. The van der Waals surface area contributed by atoms with Crippen LogP contribution in [0, 0.1) is 3.57 Å². The Kier molecular flexibility index (Phi) is 3.03. The van der Waals surface area contributed by atoms with Crippen LogP contribution in [0.3, 0.4) is 0 Å². The first-order valence-electron chi connectivity index (χ1n) is 4.33. The second-order valence-corrected chi connectivity index (χ2v) is 4.53. The molecule has 0 saturated carbocycles. The van der Waals surface area contributed by atoms with Gasteiger partial charge in [0.25, 0.3) is 0 Å². The zero-order valence-corrected chi connectivity index (χ0v) is 9.64. The molecular formula is C12H9IO. The van der Waals surface area contributed by atoms with Crippen molar-refractivity contribution in [2.75, 3.05) is 0 Å². The Hall–Kier alpha value is -1.03. The Labute approximate surface area is 93.4 Å². The Morgan fingerprint density at radius 2 is 1.43 bits per heavy atom. The van der Waals surface area contributed by atoms with Crippen molar-refractivity contribution in [2.45, 2.75) is 0 Å². The minimum Gasteiger partial charge on any atom is -0.265 e. The van der Waals surface area contributed by atoms with Gasteiger partial charge in [0.2, 0.25) is 0 Å². The lowest BCUT2D eigenvalue weighted by Crippen LogP contribution is -1.81. The monoisotopic (exact) mass is 296 g/mol. The van der Waals surface area contributed by atoms with E-state index in [-0.39, 0.29) is 0 Å². The molecule has 0 aliphatic carbocycles. The maximum absolute atomic E-state index is 11.0. The lowest BCUT2D eigenvalue weighted by molar-refractivity contribution is 0.648. The quantitative estimate of drug-likeness (QED) is 0.770. The van der Waals surface area contributed by atoms with Crippen molar-refractivity contribution in [1.29, 1.82) is 0 Å². The molecule has 0 atom stereocenters. The average Bonchev–Trinajstić information content (AvgIpc) is 2.30. The molecule has 2 aromatic carbocycles. The Bertz CT molecular complexity index is 437. The third-order valence-electron chi connectivity index (χ3n) is 2.04. The van der Waals surface area contributed by atoms with E-state index in [0.29, 0.717) is 0 Å². The summed E-state index contributed by atoms with van der Waals surface area (Å²) < 4.78 is 12.0. The van der Waals surface area contributed by atoms with Crippen LogP contribution in [0.5, 0.6) is 0 Å². The zero-order chi connectivity index (χ0) is 9.80. The minimum atomic E-state index is -1.09. The second-order valence-electron chi connectivity index (χ2n) is 2.92. The van der Waals surface area contributed by atoms with E-state index in [9.17, 15) is 3.07 Å². The molecule has 0 aromatic heterocycles. The fourth-order valence-corrected chi connectivity index (χ4v) is 2.46. The van der Waals surface area contributed by atoms with E-state index in [1.165, 1.54) is 0 Å². The van der Waals surface area contributed by atoms with Gasteiger partial charge in [0.05, 0.1) is 3.57 Å². The first-order chi connectivity index (χ1) is 6.92. The molecule has 0 fully saturated rings. The van der Waals surface area contributed by atoms with E-state index in [0.717, 1.165) is 14.7 Å². The first-order valence-corrected chi connectivity index (χ1v) is 6.29. The molecule has 0 heterocycles. The molecule has 0 amide bonds. The Balaban J connectivity index is 2.57. The van der Waals surface area contributed by atoms with Crippen LogP contribution in [0.4, 0.5) is 0 Å². The minimum absolute atomic E-state index is 0.970. The highest BCUT2D eigenvalue weighted by atomic mass is 127. The van der Waals surface area contributed by atoms with Gasteiger partial charge in [-0.1, -0.05) is 48.5 Å². The van der Waals surface area contributed by atoms with E-state index in [1.807, 2.05) is 54.6 Å². The SMILES string of the molecule is O=Ic1ccccc1-c1ccccc1. The number of rotatable bonds is 2. The topological polar surface area (TPSA) is 17.1 Å². The maximum atomic E-state index is 11.0. The van der Waals surface area contributed by atoms with Crippen LogP contribution in [-0.4, -0.2) is 0 Å². The molecular weight excluding hydrogens is 287 g/mol. The summed E-state index contributed by atoms with van der Waals surface area (Å²) in [4.78, 5) is 0. The summed E-state index contributed by atoms with van der Waals surface area (Å²) in [7, 11) is 0. The largest absolute Gasteiger partial charge is 0.265 e. The van der Waals surface area contributed by atoms with Crippen LogP contribution < -0.4 is 0 Å². The predicted octanol–water partition coefficient (Wildman–Crippen LogP) is 3.84. The van der Waals surface area contributed by atoms with Gasteiger partial charge < -0.3 is 0 Å². The number of benzene rings is 2. The van der Waals surface area contributed by atoms with Crippen molar-refractivity contribution in [3.63, 3.8) is 0 Å². The molecule has 0 aliphatic heterocycles. The third kappa shape index (κ3) is 1.90. The molecule has 2 heteroatoms. The first kappa shape index (κ1) is 9.52. The number of hydrogen-bond donors (Lipinski definition) is 0. The molecule has 1 nitrogen and oxygen atoms in total. The van der Waals surface area contributed by atoms with E-state index in [4.69, 9.17) is 0 Å². The van der Waals surface area contributed by atoms with E-state index >= 15 is 0 Å². The average molecular weight is 296 g/mol. The second kappa shape index (κ2) is 4.46. The summed E-state index contributed by atoms with van der Waals surface area (Å²) in [5.41, 5.74) is 2.23. The summed E-state index contributed by atoms with van der Waals surface area (Å²) in [5, 5.41) is 0. The van der Waals surface area contributed by atoms with Crippen LogP contribution in [0.15, 0.2) is 54.6 Å². The van der Waals surface area contributed by atoms with Crippen LogP contribution in [-0.2, 0) is 3.07 Å². The highest BCUT2D eigenvalue weighted by Gasteiger charge is 2.02. The molecule has 0 saturated heterocycles. The van der Waals surface area contributed by atoms with Crippen LogP contribution >= 0.6 is 21.2 Å². The van der Waals surface area contributed by atoms with E-state index in [2.05, 4.69) is 0 Å². The van der Waals surface area contributed by atoms with E-state index < -0.39 is 21.2 Å². The standard InChI is InChI=1S/C12H9IO/c14-13-12-9-5-4-8-11(12)10-6-2-1-3-7-10/h1-9H. The summed E-state index contributed by atoms with van der Waals surface area (Å²) >= 11 is -1.09. The van der Waals surface area contributed by atoms with Gasteiger partial charge in [-0.25, -0.2) is 0 Å². The smallest absolute Gasteiger partial charge is 0.182 e. The lowest BCUT2D eigenvalue weighted by atomic mass is 10.1. The predicted molar refractivity (Wildman–Crippen MR) is 65.3 cm³/mol. The number of halogens is 1. The van der Waals surface area contributed by atoms with Gasteiger partial charge in [-0.2, -0.15) is 0 Å². The molecule has 0 unspecified atom stereocenters. The van der Waals surface area contributed by atoms with Crippen molar-refractivity contribution in [3.05, 3.63) is 58.2 Å². The van der Waals surface area contributed by atoms with Crippen molar-refractivity contribution >= 4 is 21.2 Å². The summed E-state index contributed by atoms with van der Waals surface area (Å²) in [5.74, 6) is 0. The molecule has 14 heavy (non-hydrogen) atoms. The molecule has 0 N–H and O–H groups in total. The highest BCUT2D eigenvalue weighted by Crippen LogP contribution is 2.26. The summed E-state index contributed by atoms with van der Waals surface area (Å²) in [6.45, 7) is 0. The summed E-state index contributed by atoms with van der Waals surface area (Å²) in [6.07, 6.45) is 0. The maximum Gasteiger partial charge on any atom is 0.182 e. The van der Waals surface area contributed by atoms with Crippen molar-refractivity contribution in [2.24, 2.45) is 0 Å². The fourth-order valence-electron chi connectivity index (χ4n) is 1.38. The lowest BCUT2D eigenvalue weighted by Gasteiger charge is -2.02. The van der Waals surface area contributed by atoms with Crippen molar-refractivity contribution in [1.82, 2.24) is 0 Å². The normalized spacial score (nSPS) is 10.0. The molecule has 0 radical (unpaired) electrons. The van der Waals surface area contributed by atoms with Crippen LogP contribution in [0.1, 0.15) is 0 Å². The van der Waals surface area contributed by atoms with Crippen LogP contribution in [0.2, 0.25) is 0 Å². The van der Waals surface area contributed by atoms with Gasteiger partial charge in [-0.15, -0.1) is 0 Å². The third-order valence-corrected chi connectivity index (χ3v) is 3.46. The van der Waals surface area contributed by atoms with Gasteiger partial charge >= 0.3 is 0 Å². The van der Waals surface area contributed by atoms with E-state index in [1.54, 1.807) is 0 Å². The van der Waals surface area contributed by atoms with Gasteiger partial charge in [-0.3, -0.25) is 3.07 Å². The van der Waals surface area contributed by atoms with Gasteiger partial charge in [0.1, 0.15) is 0 Å². The highest BCUT2D eigenvalue weighted by molar-refractivity contribution is 14.1. The van der Waals surface area contributed by atoms with Gasteiger partial charge in [-0.05, 0) is 17.2 Å². The van der Waals surface area contributed by atoms with Crippen molar-refractivity contribution < 1.29 is 3.07 Å². The van der Waals surface area contributed by atoms with Gasteiger partial charge in [0.15, 0.2) is 21.2 Å².